The molecule has 5 heteroatoms. The van der Waals surface area contributed by atoms with Crippen molar-refractivity contribution in [3.8, 4) is 5.75 Å². The Morgan fingerprint density at radius 2 is 1.87 bits per heavy atom. The fraction of sp³-hybridized carbons (Fsp3) is 0.167. The van der Waals surface area contributed by atoms with Crippen LogP contribution in [0.2, 0.25) is 0 Å². The summed E-state index contributed by atoms with van der Waals surface area (Å²) in [6.07, 6.45) is 2.73. The van der Waals surface area contributed by atoms with Crippen LogP contribution in [-0.2, 0) is 4.79 Å². The Bertz CT molecular complexity index is 733. The highest BCUT2D eigenvalue weighted by molar-refractivity contribution is 5.88. The van der Waals surface area contributed by atoms with Crippen molar-refractivity contribution in [1.82, 2.24) is 0 Å². The van der Waals surface area contributed by atoms with Crippen molar-refractivity contribution in [2.45, 2.75) is 19.8 Å². The fourth-order valence-electron chi connectivity index (χ4n) is 1.98. The minimum atomic E-state index is -0.534. The van der Waals surface area contributed by atoms with Crippen molar-refractivity contribution in [2.75, 3.05) is 0 Å². The molecular formula is C18H17NO4. The van der Waals surface area contributed by atoms with E-state index in [1.165, 1.54) is 24.3 Å². The lowest BCUT2D eigenvalue weighted by atomic mass is 10.0. The molecule has 0 atom stereocenters. The molecule has 23 heavy (non-hydrogen) atoms. The highest BCUT2D eigenvalue weighted by atomic mass is 16.6. The molecule has 0 N–H and O–H groups in total. The van der Waals surface area contributed by atoms with Gasteiger partial charge >= 0.3 is 5.97 Å². The van der Waals surface area contributed by atoms with E-state index in [4.69, 9.17) is 4.74 Å². The van der Waals surface area contributed by atoms with E-state index in [2.05, 4.69) is 13.8 Å². The number of ether oxygens (including phenoxy) is 1. The van der Waals surface area contributed by atoms with Gasteiger partial charge in [0.05, 0.1) is 4.92 Å². The maximum absolute atomic E-state index is 11.8. The second-order valence-electron chi connectivity index (χ2n) is 5.33. The quantitative estimate of drug-likeness (QED) is 0.271. The third kappa shape index (κ3) is 4.78. The molecule has 5 nitrogen and oxygen atoms in total. The third-order valence-corrected chi connectivity index (χ3v) is 3.26. The van der Waals surface area contributed by atoms with Crippen LogP contribution in [0.5, 0.6) is 5.75 Å². The number of nitrogens with zero attached hydrogens (tertiary/aromatic N) is 1. The maximum Gasteiger partial charge on any atom is 0.336 e. The first kappa shape index (κ1) is 16.4. The lowest BCUT2D eigenvalue weighted by molar-refractivity contribution is -0.384. The number of carbonyl (C=O) groups excluding carboxylic acids is 1. The van der Waals surface area contributed by atoms with Gasteiger partial charge in [-0.3, -0.25) is 10.1 Å². The molecule has 0 amide bonds. The summed E-state index contributed by atoms with van der Waals surface area (Å²) in [5.74, 6) is 0.338. The lowest BCUT2D eigenvalue weighted by Crippen LogP contribution is -2.03. The van der Waals surface area contributed by atoms with E-state index in [1.54, 1.807) is 24.3 Å². The highest BCUT2D eigenvalue weighted by Crippen LogP contribution is 2.19. The molecule has 0 aliphatic heterocycles. The van der Waals surface area contributed by atoms with Crippen molar-refractivity contribution in [2.24, 2.45) is 0 Å². The Hall–Kier alpha value is -2.95. The first-order chi connectivity index (χ1) is 11.0. The van der Waals surface area contributed by atoms with Crippen molar-refractivity contribution in [3.05, 3.63) is 75.8 Å². The van der Waals surface area contributed by atoms with Crippen LogP contribution in [0.25, 0.3) is 6.08 Å². The SMILES string of the molecule is CC(C)c1ccc(OC(=O)/C=C/c2cccc([N+](=O)[O-])c2)cc1. The monoisotopic (exact) mass is 311 g/mol. The van der Waals surface area contributed by atoms with Crippen molar-refractivity contribution in [1.29, 1.82) is 0 Å². The average Bonchev–Trinajstić information content (AvgIpc) is 2.53. The smallest absolute Gasteiger partial charge is 0.336 e. The van der Waals surface area contributed by atoms with Crippen LogP contribution in [0.15, 0.2) is 54.6 Å². The van der Waals surface area contributed by atoms with Gasteiger partial charge in [-0.2, -0.15) is 0 Å². The predicted octanol–water partition coefficient (Wildman–Crippen LogP) is 4.34. The van der Waals surface area contributed by atoms with E-state index in [0.29, 0.717) is 17.2 Å². The summed E-state index contributed by atoms with van der Waals surface area (Å²) in [6, 6.07) is 13.3. The molecular weight excluding hydrogens is 294 g/mol. The molecule has 0 radical (unpaired) electrons. The second-order valence-corrected chi connectivity index (χ2v) is 5.33. The summed E-state index contributed by atoms with van der Waals surface area (Å²) in [5, 5.41) is 10.7. The number of hydrogen-bond acceptors (Lipinski definition) is 4. The van der Waals surface area contributed by atoms with Crippen molar-refractivity contribution in [3.63, 3.8) is 0 Å². The average molecular weight is 311 g/mol. The maximum atomic E-state index is 11.8. The zero-order valence-electron chi connectivity index (χ0n) is 12.9. The van der Waals surface area contributed by atoms with Gasteiger partial charge in [-0.05, 0) is 35.3 Å². The minimum Gasteiger partial charge on any atom is -0.423 e. The molecule has 0 bridgehead atoms. The summed E-state index contributed by atoms with van der Waals surface area (Å²) in [4.78, 5) is 22.0. The first-order valence-electron chi connectivity index (χ1n) is 7.20. The van der Waals surface area contributed by atoms with Gasteiger partial charge in [0, 0.05) is 18.2 Å². The largest absolute Gasteiger partial charge is 0.423 e. The standard InChI is InChI=1S/C18H17NO4/c1-13(2)15-7-9-17(10-8-15)23-18(20)11-6-14-4-3-5-16(12-14)19(21)22/h3-13H,1-2H3/b11-6+. The van der Waals surface area contributed by atoms with E-state index in [0.717, 1.165) is 5.56 Å². The number of hydrogen-bond donors (Lipinski definition) is 0. The molecule has 118 valence electrons. The summed E-state index contributed by atoms with van der Waals surface area (Å²) >= 11 is 0. The van der Waals surface area contributed by atoms with Gasteiger partial charge < -0.3 is 4.74 Å². The molecule has 2 rings (SSSR count). The van der Waals surface area contributed by atoms with Crippen LogP contribution >= 0.6 is 0 Å². The van der Waals surface area contributed by atoms with Gasteiger partial charge in [-0.25, -0.2) is 4.79 Å². The van der Waals surface area contributed by atoms with Crippen LogP contribution in [-0.4, -0.2) is 10.9 Å². The van der Waals surface area contributed by atoms with Gasteiger partial charge in [0.1, 0.15) is 5.75 Å². The van der Waals surface area contributed by atoms with Gasteiger partial charge in [-0.1, -0.05) is 38.1 Å². The Labute approximate surface area is 134 Å². The number of nitro benzene ring substituents is 1. The molecule has 2 aromatic carbocycles. The second kappa shape index (κ2) is 7.35. The van der Waals surface area contributed by atoms with E-state index in [-0.39, 0.29) is 5.69 Å². The molecule has 0 unspecified atom stereocenters. The number of carbonyl (C=O) groups is 1. The van der Waals surface area contributed by atoms with E-state index in [1.807, 2.05) is 12.1 Å². The molecule has 0 aliphatic carbocycles. The minimum absolute atomic E-state index is 0.0233. The zero-order chi connectivity index (χ0) is 16.8. The van der Waals surface area contributed by atoms with Crippen molar-refractivity contribution < 1.29 is 14.5 Å². The predicted molar refractivity (Wildman–Crippen MR) is 88.3 cm³/mol. The summed E-state index contributed by atoms with van der Waals surface area (Å²) in [5.41, 5.74) is 1.70. The Balaban J connectivity index is 2.01. The van der Waals surface area contributed by atoms with Crippen LogP contribution in [0.4, 0.5) is 5.69 Å². The van der Waals surface area contributed by atoms with Crippen molar-refractivity contribution >= 4 is 17.7 Å². The molecule has 0 fully saturated rings. The van der Waals surface area contributed by atoms with Crippen LogP contribution in [0, 0.1) is 10.1 Å². The Morgan fingerprint density at radius 1 is 1.17 bits per heavy atom. The van der Waals surface area contributed by atoms with Gasteiger partial charge in [0.15, 0.2) is 0 Å². The zero-order valence-corrected chi connectivity index (χ0v) is 12.9. The number of esters is 1. The number of benzene rings is 2. The molecule has 0 spiro atoms. The van der Waals surface area contributed by atoms with E-state index < -0.39 is 10.9 Å². The summed E-state index contributed by atoms with van der Waals surface area (Å²) in [7, 11) is 0. The summed E-state index contributed by atoms with van der Waals surface area (Å²) in [6.45, 7) is 4.17. The fourth-order valence-corrected chi connectivity index (χ4v) is 1.98. The highest BCUT2D eigenvalue weighted by Gasteiger charge is 2.05. The number of nitro groups is 1. The molecule has 2 aromatic rings. The van der Waals surface area contributed by atoms with Gasteiger partial charge in [-0.15, -0.1) is 0 Å². The molecule has 0 aliphatic rings. The number of non-ortho nitro benzene ring substituents is 1. The third-order valence-electron chi connectivity index (χ3n) is 3.26. The molecule has 0 heterocycles. The Kier molecular flexibility index (Phi) is 5.25. The number of rotatable bonds is 5. The van der Waals surface area contributed by atoms with Gasteiger partial charge in [0.25, 0.3) is 5.69 Å². The van der Waals surface area contributed by atoms with E-state index >= 15 is 0 Å². The normalized spacial score (nSPS) is 10.9. The molecule has 0 saturated heterocycles. The topological polar surface area (TPSA) is 69.4 Å². The first-order valence-corrected chi connectivity index (χ1v) is 7.20. The van der Waals surface area contributed by atoms with Crippen LogP contribution in [0.3, 0.4) is 0 Å². The van der Waals surface area contributed by atoms with Crippen LogP contribution in [0.1, 0.15) is 30.9 Å². The van der Waals surface area contributed by atoms with E-state index in [9.17, 15) is 14.9 Å². The van der Waals surface area contributed by atoms with Crippen LogP contribution < -0.4 is 4.74 Å². The summed E-state index contributed by atoms with van der Waals surface area (Å²) < 4.78 is 5.19. The molecule has 0 saturated carbocycles. The van der Waals surface area contributed by atoms with Gasteiger partial charge in [0.2, 0.25) is 0 Å². The lowest BCUT2D eigenvalue weighted by Gasteiger charge is -2.06. The Morgan fingerprint density at radius 3 is 2.48 bits per heavy atom. The molecule has 0 aromatic heterocycles.